The number of nitrogens with zero attached hydrogens (tertiary/aromatic N) is 3. The molecule has 0 radical (unpaired) electrons. The number of rotatable bonds is 5. The lowest BCUT2D eigenvalue weighted by Crippen LogP contribution is -2.12. The smallest absolute Gasteiger partial charge is 0.0844 e. The van der Waals surface area contributed by atoms with Gasteiger partial charge in [-0.2, -0.15) is 0 Å². The van der Waals surface area contributed by atoms with Crippen molar-refractivity contribution < 1.29 is 0 Å². The summed E-state index contributed by atoms with van der Waals surface area (Å²) in [6.07, 6.45) is 3.80. The SMILES string of the molecule is CN=C(/C(C)=C(\C)NC)c1cnc(C)c(N=CC(C)C)c1. The van der Waals surface area contributed by atoms with E-state index in [2.05, 4.69) is 47.1 Å². The third-order valence-corrected chi connectivity index (χ3v) is 3.36. The molecule has 0 amide bonds. The summed E-state index contributed by atoms with van der Waals surface area (Å²) in [5.74, 6) is 0.417. The van der Waals surface area contributed by atoms with Crippen molar-refractivity contribution in [2.75, 3.05) is 14.1 Å². The van der Waals surface area contributed by atoms with E-state index < -0.39 is 0 Å². The molecule has 0 aliphatic rings. The molecule has 0 aliphatic carbocycles. The molecular formula is C17H26N4. The van der Waals surface area contributed by atoms with Gasteiger partial charge in [0.1, 0.15) is 0 Å². The maximum absolute atomic E-state index is 4.53. The molecular weight excluding hydrogens is 260 g/mol. The van der Waals surface area contributed by atoms with Crippen LogP contribution in [-0.4, -0.2) is 31.0 Å². The van der Waals surface area contributed by atoms with E-state index >= 15 is 0 Å². The molecule has 4 nitrogen and oxygen atoms in total. The van der Waals surface area contributed by atoms with Gasteiger partial charge in [-0.05, 0) is 38.3 Å². The zero-order valence-electron chi connectivity index (χ0n) is 14.2. The predicted molar refractivity (Wildman–Crippen MR) is 91.9 cm³/mol. The van der Waals surface area contributed by atoms with Crippen LogP contribution in [0.4, 0.5) is 5.69 Å². The van der Waals surface area contributed by atoms with Gasteiger partial charge in [-0.15, -0.1) is 0 Å². The van der Waals surface area contributed by atoms with E-state index in [9.17, 15) is 0 Å². The Morgan fingerprint density at radius 1 is 1.33 bits per heavy atom. The van der Waals surface area contributed by atoms with Crippen LogP contribution in [0.2, 0.25) is 0 Å². The normalized spacial score (nSPS) is 13.8. The first kappa shape index (κ1) is 17.1. The minimum atomic E-state index is 0.417. The molecule has 0 fully saturated rings. The van der Waals surface area contributed by atoms with Crippen LogP contribution in [0, 0.1) is 12.8 Å². The second-order valence-corrected chi connectivity index (χ2v) is 5.42. The summed E-state index contributed by atoms with van der Waals surface area (Å²) in [7, 11) is 3.72. The lowest BCUT2D eigenvalue weighted by atomic mass is 10.0. The predicted octanol–water partition coefficient (Wildman–Crippen LogP) is 3.68. The van der Waals surface area contributed by atoms with E-state index in [1.165, 1.54) is 0 Å². The van der Waals surface area contributed by atoms with Crippen LogP contribution in [0.5, 0.6) is 0 Å². The Hall–Kier alpha value is -1.97. The molecule has 0 bridgehead atoms. The van der Waals surface area contributed by atoms with E-state index in [-0.39, 0.29) is 0 Å². The van der Waals surface area contributed by atoms with E-state index in [0.717, 1.165) is 33.9 Å². The molecule has 1 rings (SSSR count). The van der Waals surface area contributed by atoms with Crippen molar-refractivity contribution in [1.82, 2.24) is 10.3 Å². The molecule has 114 valence electrons. The third-order valence-electron chi connectivity index (χ3n) is 3.36. The maximum atomic E-state index is 4.53. The van der Waals surface area contributed by atoms with E-state index in [1.54, 1.807) is 7.05 Å². The van der Waals surface area contributed by atoms with Gasteiger partial charge in [0.15, 0.2) is 0 Å². The van der Waals surface area contributed by atoms with Crippen molar-refractivity contribution in [3.8, 4) is 0 Å². The average molecular weight is 286 g/mol. The van der Waals surface area contributed by atoms with Gasteiger partial charge in [-0.1, -0.05) is 13.8 Å². The summed E-state index contributed by atoms with van der Waals surface area (Å²) in [5.41, 5.74) is 5.98. The van der Waals surface area contributed by atoms with Gasteiger partial charge < -0.3 is 5.32 Å². The number of hydrogen-bond donors (Lipinski definition) is 1. The van der Waals surface area contributed by atoms with Crippen LogP contribution in [0.15, 0.2) is 33.5 Å². The van der Waals surface area contributed by atoms with Gasteiger partial charge in [0.2, 0.25) is 0 Å². The number of hydrogen-bond acceptors (Lipinski definition) is 4. The molecule has 1 aromatic rings. The number of pyridine rings is 1. The second-order valence-electron chi connectivity index (χ2n) is 5.42. The first-order valence-corrected chi connectivity index (χ1v) is 7.24. The molecule has 0 aliphatic heterocycles. The largest absolute Gasteiger partial charge is 0.391 e. The molecule has 21 heavy (non-hydrogen) atoms. The van der Waals surface area contributed by atoms with E-state index in [4.69, 9.17) is 0 Å². The molecule has 1 aromatic heterocycles. The summed E-state index contributed by atoms with van der Waals surface area (Å²) >= 11 is 0. The number of aromatic nitrogens is 1. The number of allylic oxidation sites excluding steroid dienone is 2. The molecule has 0 unspecified atom stereocenters. The topological polar surface area (TPSA) is 49.6 Å². The van der Waals surface area contributed by atoms with Crippen molar-refractivity contribution in [1.29, 1.82) is 0 Å². The summed E-state index contributed by atoms with van der Waals surface area (Å²) in [4.78, 5) is 13.4. The highest BCUT2D eigenvalue weighted by Crippen LogP contribution is 2.21. The van der Waals surface area contributed by atoms with Crippen LogP contribution in [0.3, 0.4) is 0 Å². The minimum Gasteiger partial charge on any atom is -0.391 e. The van der Waals surface area contributed by atoms with Crippen LogP contribution in [0.1, 0.15) is 39.0 Å². The zero-order chi connectivity index (χ0) is 16.0. The first-order valence-electron chi connectivity index (χ1n) is 7.24. The minimum absolute atomic E-state index is 0.417. The molecule has 0 aromatic carbocycles. The van der Waals surface area contributed by atoms with Gasteiger partial charge in [0, 0.05) is 37.8 Å². The molecule has 0 saturated carbocycles. The number of aryl methyl sites for hydroxylation is 1. The summed E-state index contributed by atoms with van der Waals surface area (Å²) in [6, 6.07) is 2.05. The molecule has 0 atom stereocenters. The Morgan fingerprint density at radius 2 is 2.00 bits per heavy atom. The fraction of sp³-hybridized carbons (Fsp3) is 0.471. The number of nitrogens with one attached hydrogen (secondary N) is 1. The quantitative estimate of drug-likeness (QED) is 0.839. The lowest BCUT2D eigenvalue weighted by Gasteiger charge is -2.12. The Kier molecular flexibility index (Phi) is 6.28. The summed E-state index contributed by atoms with van der Waals surface area (Å²) in [6.45, 7) is 10.3. The maximum Gasteiger partial charge on any atom is 0.0844 e. The van der Waals surface area contributed by atoms with Gasteiger partial charge in [0.05, 0.1) is 17.1 Å². The van der Waals surface area contributed by atoms with Gasteiger partial charge in [0.25, 0.3) is 0 Å². The molecule has 4 heteroatoms. The van der Waals surface area contributed by atoms with Crippen LogP contribution < -0.4 is 5.32 Å². The Bertz CT molecular complexity index is 580. The molecule has 1 N–H and O–H groups in total. The molecule has 0 saturated heterocycles. The Morgan fingerprint density at radius 3 is 2.52 bits per heavy atom. The third kappa shape index (κ3) is 4.52. The lowest BCUT2D eigenvalue weighted by molar-refractivity contribution is 0.907. The van der Waals surface area contributed by atoms with Crippen molar-refractivity contribution in [3.05, 3.63) is 34.8 Å². The van der Waals surface area contributed by atoms with Gasteiger partial charge >= 0.3 is 0 Å². The van der Waals surface area contributed by atoms with Crippen LogP contribution in [0.25, 0.3) is 0 Å². The average Bonchev–Trinajstić information content (AvgIpc) is 2.46. The highest BCUT2D eigenvalue weighted by Gasteiger charge is 2.10. The Balaban J connectivity index is 3.28. The number of aliphatic imine (C=N–C) groups is 2. The van der Waals surface area contributed by atoms with Crippen molar-refractivity contribution >= 4 is 17.6 Å². The highest BCUT2D eigenvalue weighted by atomic mass is 14.8. The van der Waals surface area contributed by atoms with Crippen LogP contribution in [-0.2, 0) is 0 Å². The van der Waals surface area contributed by atoms with Crippen LogP contribution >= 0.6 is 0 Å². The van der Waals surface area contributed by atoms with Crippen molar-refractivity contribution in [2.45, 2.75) is 34.6 Å². The summed E-state index contributed by atoms with van der Waals surface area (Å²) < 4.78 is 0. The van der Waals surface area contributed by atoms with E-state index in [0.29, 0.717) is 5.92 Å². The fourth-order valence-electron chi connectivity index (χ4n) is 1.89. The van der Waals surface area contributed by atoms with E-state index in [1.807, 2.05) is 33.3 Å². The van der Waals surface area contributed by atoms with Crippen molar-refractivity contribution in [2.24, 2.45) is 15.9 Å². The van der Waals surface area contributed by atoms with Gasteiger partial charge in [-0.3, -0.25) is 15.0 Å². The van der Waals surface area contributed by atoms with Crippen molar-refractivity contribution in [3.63, 3.8) is 0 Å². The second kappa shape index (κ2) is 7.72. The van der Waals surface area contributed by atoms with Gasteiger partial charge in [-0.25, -0.2) is 0 Å². The summed E-state index contributed by atoms with van der Waals surface area (Å²) in [5, 5.41) is 3.16. The zero-order valence-corrected chi connectivity index (χ0v) is 14.2. The Labute approximate surface area is 128 Å². The highest BCUT2D eigenvalue weighted by molar-refractivity contribution is 6.12. The molecule has 1 heterocycles. The first-order chi connectivity index (χ1) is 9.90. The standard InChI is InChI=1S/C17H26N4/c1-11(2)9-21-16-8-15(10-20-14(16)5)17(19-7)12(3)13(4)18-6/h8-11,18H,1-7H3/b13-12+,19-17?,21-9?. The monoisotopic (exact) mass is 286 g/mol. The molecule has 0 spiro atoms. The fourth-order valence-corrected chi connectivity index (χ4v) is 1.89.